The van der Waals surface area contributed by atoms with E-state index in [2.05, 4.69) is 25.5 Å². The van der Waals surface area contributed by atoms with E-state index in [1.807, 2.05) is 0 Å². The fourth-order valence-corrected chi connectivity index (χ4v) is 5.30. The molecule has 0 aliphatic carbocycles. The number of benzene rings is 2. The summed E-state index contributed by atoms with van der Waals surface area (Å²) in [5.74, 6) is -0.722. The van der Waals surface area contributed by atoms with Crippen molar-refractivity contribution < 1.29 is 18.0 Å². The summed E-state index contributed by atoms with van der Waals surface area (Å²) < 4.78 is 25.8. The third-order valence-electron chi connectivity index (χ3n) is 5.69. The van der Waals surface area contributed by atoms with Gasteiger partial charge in [0.15, 0.2) is 5.65 Å². The van der Waals surface area contributed by atoms with Gasteiger partial charge in [-0.3, -0.25) is 19.7 Å². The number of nitrogens with two attached hydrogens (primary N) is 1. The lowest BCUT2D eigenvalue weighted by atomic mass is 10.2. The van der Waals surface area contributed by atoms with Crippen LogP contribution in [0.4, 0.5) is 0 Å². The maximum absolute atomic E-state index is 12.9. The van der Waals surface area contributed by atoms with Gasteiger partial charge in [0.25, 0.3) is 5.91 Å². The summed E-state index contributed by atoms with van der Waals surface area (Å²) in [5, 5.41) is 10.6. The topological polar surface area (TPSA) is 161 Å². The minimum Gasteiger partial charge on any atom is -0.366 e. The molecule has 0 aliphatic rings. The molecule has 10 nitrogen and oxygen atoms in total. The number of rotatable bonds is 6. The number of amides is 2. The highest BCUT2D eigenvalue weighted by atomic mass is 35.5. The summed E-state index contributed by atoms with van der Waals surface area (Å²) in [4.78, 5) is 30.9. The minimum absolute atomic E-state index is 0.164. The van der Waals surface area contributed by atoms with Crippen LogP contribution in [-0.2, 0) is 16.4 Å². The molecular formula is C27H23ClN6O4S. The van der Waals surface area contributed by atoms with Crippen LogP contribution in [-0.4, -0.2) is 40.4 Å². The number of nitrogens with zero attached hydrogens (tertiary/aromatic N) is 3. The number of nitrogens with one attached hydrogen (secondary N) is 2. The van der Waals surface area contributed by atoms with Crippen LogP contribution in [0.2, 0.25) is 5.02 Å². The van der Waals surface area contributed by atoms with Crippen LogP contribution in [0.5, 0.6) is 0 Å². The van der Waals surface area contributed by atoms with Gasteiger partial charge >= 0.3 is 0 Å². The number of fused-ring (bicyclic) bond motifs is 1. The Morgan fingerprint density at radius 1 is 1.00 bits per heavy atom. The molecule has 2 aromatic carbocycles. The average Bonchev–Trinajstić information content (AvgIpc) is 3.42. The van der Waals surface area contributed by atoms with E-state index >= 15 is 0 Å². The molecule has 0 fully saturated rings. The van der Waals surface area contributed by atoms with E-state index in [-0.39, 0.29) is 22.2 Å². The minimum atomic E-state index is -3.69. The van der Waals surface area contributed by atoms with Gasteiger partial charge in [0.1, 0.15) is 0 Å². The van der Waals surface area contributed by atoms with E-state index in [0.717, 1.165) is 10.9 Å². The Hall–Kier alpha value is -4.61. The monoisotopic (exact) mass is 562 g/mol. The third kappa shape index (κ3) is 6.46. The van der Waals surface area contributed by atoms with Crippen molar-refractivity contribution >= 4 is 44.3 Å². The van der Waals surface area contributed by atoms with Gasteiger partial charge in [-0.15, -0.1) is 0 Å². The molecule has 198 valence electrons. The number of halogens is 1. The number of carbonyl (C=O) groups excluding carboxylic acids is 2. The molecule has 0 unspecified atom stereocenters. The van der Waals surface area contributed by atoms with Crippen LogP contribution in [0.3, 0.4) is 0 Å². The van der Waals surface area contributed by atoms with Crippen molar-refractivity contribution in [1.29, 1.82) is 0 Å². The van der Waals surface area contributed by atoms with E-state index in [1.54, 1.807) is 61.8 Å². The molecule has 39 heavy (non-hydrogen) atoms. The highest BCUT2D eigenvalue weighted by molar-refractivity contribution is 7.91. The van der Waals surface area contributed by atoms with E-state index in [0.29, 0.717) is 27.4 Å². The standard InChI is InChI=1S/C21H17ClN4O3S.C6H6N2O/c1-13-18(22)3-2-4-19(13)30(28,29)17-7-5-14(6-8-17)10-24-21(27)16-9-15-12-25-26-20(15)23-11-16;7-6(9)5-2-1-3-8-4-5/h2-9,11-12H,10H2,1H3,(H,24,27)(H,23,25,26);1-4H,(H2,7,9). The number of pyridine rings is 2. The Morgan fingerprint density at radius 3 is 2.44 bits per heavy atom. The molecule has 0 saturated carbocycles. The van der Waals surface area contributed by atoms with E-state index in [9.17, 15) is 18.0 Å². The van der Waals surface area contributed by atoms with Gasteiger partial charge < -0.3 is 11.1 Å². The highest BCUT2D eigenvalue weighted by Gasteiger charge is 2.21. The second-order valence-electron chi connectivity index (χ2n) is 8.33. The van der Waals surface area contributed by atoms with E-state index < -0.39 is 15.7 Å². The summed E-state index contributed by atoms with van der Waals surface area (Å²) in [6, 6.07) is 16.2. The molecule has 12 heteroatoms. The van der Waals surface area contributed by atoms with Crippen molar-refractivity contribution in [2.24, 2.45) is 5.73 Å². The second-order valence-corrected chi connectivity index (χ2v) is 10.7. The van der Waals surface area contributed by atoms with Crippen molar-refractivity contribution in [1.82, 2.24) is 25.5 Å². The molecule has 0 spiro atoms. The molecule has 0 bridgehead atoms. The Bertz CT molecular complexity index is 1740. The largest absolute Gasteiger partial charge is 0.366 e. The van der Waals surface area contributed by atoms with Gasteiger partial charge in [-0.25, -0.2) is 13.4 Å². The number of primary amides is 1. The first kappa shape index (κ1) is 27.4. The summed E-state index contributed by atoms with van der Waals surface area (Å²) in [6.45, 7) is 1.92. The molecule has 5 rings (SSSR count). The predicted octanol–water partition coefficient (Wildman–Crippen LogP) is 3.86. The van der Waals surface area contributed by atoms with Crippen molar-refractivity contribution in [2.75, 3.05) is 0 Å². The van der Waals surface area contributed by atoms with Crippen LogP contribution in [0.15, 0.2) is 95.2 Å². The number of H-pyrrole nitrogens is 1. The number of hydrogen-bond acceptors (Lipinski definition) is 7. The highest BCUT2D eigenvalue weighted by Crippen LogP contribution is 2.28. The summed E-state index contributed by atoms with van der Waals surface area (Å²) >= 11 is 6.07. The maximum Gasteiger partial charge on any atom is 0.253 e. The zero-order chi connectivity index (χ0) is 28.0. The summed E-state index contributed by atoms with van der Waals surface area (Å²) in [6.07, 6.45) is 6.09. The fraction of sp³-hybridized carbons (Fsp3) is 0.0741. The Morgan fingerprint density at radius 2 is 1.77 bits per heavy atom. The van der Waals surface area contributed by atoms with Crippen molar-refractivity contribution in [2.45, 2.75) is 23.3 Å². The zero-order valence-electron chi connectivity index (χ0n) is 20.6. The molecular weight excluding hydrogens is 540 g/mol. The molecule has 3 heterocycles. The number of hydrogen-bond donors (Lipinski definition) is 3. The van der Waals surface area contributed by atoms with Crippen LogP contribution >= 0.6 is 11.6 Å². The Kier molecular flexibility index (Phi) is 8.33. The van der Waals surface area contributed by atoms with Gasteiger partial charge in [0.05, 0.1) is 27.1 Å². The lowest BCUT2D eigenvalue weighted by Gasteiger charge is -2.10. The molecule has 5 aromatic rings. The SMILES string of the molecule is Cc1c(Cl)cccc1S(=O)(=O)c1ccc(CNC(=O)c2cnc3[nH]ncc3c2)cc1.NC(=O)c1cccnc1. The van der Waals surface area contributed by atoms with Gasteiger partial charge in [-0.2, -0.15) is 5.10 Å². The second kappa shape index (κ2) is 11.8. The molecule has 3 aromatic heterocycles. The van der Waals surface area contributed by atoms with Crippen LogP contribution in [0.25, 0.3) is 11.0 Å². The molecule has 0 atom stereocenters. The molecule has 0 aliphatic heterocycles. The lowest BCUT2D eigenvalue weighted by molar-refractivity contribution is 0.0949. The first-order valence-corrected chi connectivity index (χ1v) is 13.4. The zero-order valence-corrected chi connectivity index (χ0v) is 22.2. The van der Waals surface area contributed by atoms with Gasteiger partial charge in [0, 0.05) is 35.5 Å². The van der Waals surface area contributed by atoms with Crippen molar-refractivity contribution in [3.05, 3.63) is 113 Å². The van der Waals surface area contributed by atoms with Crippen LogP contribution in [0, 0.1) is 6.92 Å². The first-order chi connectivity index (χ1) is 18.7. The van der Waals surface area contributed by atoms with E-state index in [4.69, 9.17) is 17.3 Å². The normalized spacial score (nSPS) is 10.9. The molecule has 2 amide bonds. The summed E-state index contributed by atoms with van der Waals surface area (Å²) in [5.41, 5.74) is 7.68. The quantitative estimate of drug-likeness (QED) is 0.283. The predicted molar refractivity (Wildman–Crippen MR) is 146 cm³/mol. The van der Waals surface area contributed by atoms with Crippen LogP contribution < -0.4 is 11.1 Å². The fourth-order valence-electron chi connectivity index (χ4n) is 3.55. The first-order valence-electron chi connectivity index (χ1n) is 11.5. The summed E-state index contributed by atoms with van der Waals surface area (Å²) in [7, 11) is -3.69. The molecule has 0 radical (unpaired) electrons. The van der Waals surface area contributed by atoms with Crippen molar-refractivity contribution in [3.8, 4) is 0 Å². The maximum atomic E-state index is 12.9. The Balaban J connectivity index is 0.000000333. The van der Waals surface area contributed by atoms with Gasteiger partial charge in [-0.1, -0.05) is 29.8 Å². The van der Waals surface area contributed by atoms with E-state index in [1.165, 1.54) is 30.6 Å². The number of carbonyl (C=O) groups is 2. The number of aromatic nitrogens is 4. The van der Waals surface area contributed by atoms with Crippen LogP contribution in [0.1, 0.15) is 31.8 Å². The lowest BCUT2D eigenvalue weighted by Crippen LogP contribution is -2.22. The Labute approximate surface area is 229 Å². The number of sulfone groups is 1. The molecule has 4 N–H and O–H groups in total. The van der Waals surface area contributed by atoms with Crippen molar-refractivity contribution in [3.63, 3.8) is 0 Å². The average molecular weight is 563 g/mol. The van der Waals surface area contributed by atoms with Gasteiger partial charge in [-0.05, 0) is 60.5 Å². The third-order valence-corrected chi connectivity index (χ3v) is 8.02. The molecule has 0 saturated heterocycles. The smallest absolute Gasteiger partial charge is 0.253 e. The number of aromatic amines is 1. The van der Waals surface area contributed by atoms with Gasteiger partial charge in [0.2, 0.25) is 15.7 Å².